The van der Waals surface area contributed by atoms with Crippen LogP contribution in [0.4, 0.5) is 0 Å². The lowest BCUT2D eigenvalue weighted by atomic mass is 9.93. The molecule has 0 saturated heterocycles. The molecule has 0 heterocycles. The fraction of sp³-hybridized carbons (Fsp3) is 0.444. The number of esters is 2. The molecule has 0 spiro atoms. The molecule has 0 radical (unpaired) electrons. The van der Waals surface area contributed by atoms with Crippen LogP contribution in [0.15, 0.2) is 48.5 Å². The molecule has 0 unspecified atom stereocenters. The smallest absolute Gasteiger partial charge is 0.352 e. The van der Waals surface area contributed by atoms with Gasteiger partial charge in [0.15, 0.2) is 5.60 Å². The average Bonchev–Trinajstić information content (AvgIpc) is 2.86. The van der Waals surface area contributed by atoms with Crippen LogP contribution in [0, 0.1) is 0 Å². The Bertz CT molecular complexity index is 1010. The van der Waals surface area contributed by atoms with Crippen molar-refractivity contribution in [1.82, 2.24) is 10.6 Å². The van der Waals surface area contributed by atoms with Crippen molar-refractivity contribution in [3.63, 3.8) is 0 Å². The number of carbonyl (C=O) groups is 3. The predicted octanol–water partition coefficient (Wildman–Crippen LogP) is 4.29. The van der Waals surface area contributed by atoms with Gasteiger partial charge >= 0.3 is 11.9 Å². The van der Waals surface area contributed by atoms with E-state index < -0.39 is 29.9 Å². The molecule has 0 bridgehead atoms. The molecule has 0 fully saturated rings. The van der Waals surface area contributed by atoms with E-state index in [0.717, 1.165) is 5.56 Å². The first kappa shape index (κ1) is 29.1. The summed E-state index contributed by atoms with van der Waals surface area (Å²) in [4.78, 5) is 37.1. The summed E-state index contributed by atoms with van der Waals surface area (Å²) < 4.78 is 16.1. The van der Waals surface area contributed by atoms with Crippen molar-refractivity contribution in [3.8, 4) is 5.75 Å². The zero-order valence-corrected chi connectivity index (χ0v) is 22.2. The second-order valence-corrected chi connectivity index (χ2v) is 9.23. The lowest BCUT2D eigenvalue weighted by Crippen LogP contribution is -2.50. The van der Waals surface area contributed by atoms with Gasteiger partial charge in [0.1, 0.15) is 11.3 Å². The van der Waals surface area contributed by atoms with E-state index in [2.05, 4.69) is 10.6 Å². The normalized spacial score (nSPS) is 11.5. The maximum Gasteiger partial charge on any atom is 0.352 e. The minimum absolute atomic E-state index is 0.168. The van der Waals surface area contributed by atoms with Crippen molar-refractivity contribution in [2.45, 2.75) is 58.1 Å². The van der Waals surface area contributed by atoms with Crippen LogP contribution in [-0.4, -0.2) is 49.4 Å². The first-order valence-electron chi connectivity index (χ1n) is 11.9. The van der Waals surface area contributed by atoms with Gasteiger partial charge in [-0.15, -0.1) is 0 Å². The first-order valence-corrected chi connectivity index (χ1v) is 12.3. The molecule has 36 heavy (non-hydrogen) atoms. The molecule has 2 rings (SSSR count). The largest absolute Gasteiger partial charge is 0.476 e. The summed E-state index contributed by atoms with van der Waals surface area (Å²) in [5, 5.41) is 6.43. The number of benzene rings is 2. The van der Waals surface area contributed by atoms with E-state index in [-0.39, 0.29) is 5.91 Å². The van der Waals surface area contributed by atoms with Crippen LogP contribution >= 0.6 is 11.6 Å². The van der Waals surface area contributed by atoms with Gasteiger partial charge in [-0.2, -0.15) is 0 Å². The second kappa shape index (κ2) is 13.3. The topological polar surface area (TPSA) is 103 Å². The number of hydrogen-bond acceptors (Lipinski definition) is 7. The lowest BCUT2D eigenvalue weighted by molar-refractivity contribution is -0.180. The van der Waals surface area contributed by atoms with Crippen LogP contribution in [0.2, 0.25) is 5.02 Å². The van der Waals surface area contributed by atoms with E-state index in [9.17, 15) is 14.4 Å². The van der Waals surface area contributed by atoms with Gasteiger partial charge in [-0.05, 0) is 82.1 Å². The molecular weight excluding hydrogens is 484 g/mol. The van der Waals surface area contributed by atoms with E-state index in [1.807, 2.05) is 26.0 Å². The van der Waals surface area contributed by atoms with Crippen molar-refractivity contribution in [2.24, 2.45) is 0 Å². The monoisotopic (exact) mass is 518 g/mol. The molecule has 2 N–H and O–H groups in total. The van der Waals surface area contributed by atoms with Gasteiger partial charge in [0.05, 0.1) is 0 Å². The highest BCUT2D eigenvalue weighted by Crippen LogP contribution is 2.21. The summed E-state index contributed by atoms with van der Waals surface area (Å²) in [5.41, 5.74) is -0.565. The Morgan fingerprint density at radius 3 is 2.03 bits per heavy atom. The zero-order chi connectivity index (χ0) is 26.8. The quantitative estimate of drug-likeness (QED) is 0.301. The number of nitrogens with one attached hydrogen (secondary N) is 2. The molecule has 0 atom stereocenters. The highest BCUT2D eigenvalue weighted by atomic mass is 35.5. The third-order valence-electron chi connectivity index (χ3n) is 6.05. The summed E-state index contributed by atoms with van der Waals surface area (Å²) in [7, 11) is 1.69. The van der Waals surface area contributed by atoms with Gasteiger partial charge in [-0.25, -0.2) is 9.59 Å². The minimum atomic E-state index is -1.30. The Kier molecular flexibility index (Phi) is 10.7. The van der Waals surface area contributed by atoms with E-state index in [0.29, 0.717) is 42.1 Å². The summed E-state index contributed by atoms with van der Waals surface area (Å²) >= 11 is 5.85. The van der Waals surface area contributed by atoms with Crippen LogP contribution in [-0.2, 0) is 25.5 Å². The number of halogens is 1. The average molecular weight is 519 g/mol. The molecular formula is C27H35ClN2O6. The van der Waals surface area contributed by atoms with Gasteiger partial charge in [0.2, 0.25) is 6.79 Å². The Morgan fingerprint density at radius 1 is 0.889 bits per heavy atom. The van der Waals surface area contributed by atoms with Gasteiger partial charge < -0.3 is 24.8 Å². The summed E-state index contributed by atoms with van der Waals surface area (Å²) in [6, 6.07) is 13.9. The SMILES string of the molecule is CCC(CC)(NC)C(=O)OCOC(=O)C(C)(C)Oc1ccc(CCNC(=O)c2ccc(Cl)cc2)cc1. The first-order chi connectivity index (χ1) is 17.1. The number of rotatable bonds is 13. The number of likely N-dealkylation sites (N-methyl/N-ethyl adjacent to an activating group) is 1. The molecule has 0 aliphatic carbocycles. The summed E-state index contributed by atoms with van der Waals surface area (Å²) in [5.74, 6) is -0.818. The predicted molar refractivity (Wildman–Crippen MR) is 138 cm³/mol. The third kappa shape index (κ3) is 7.96. The van der Waals surface area contributed by atoms with Crippen LogP contribution in [0.25, 0.3) is 0 Å². The molecule has 0 saturated carbocycles. The minimum Gasteiger partial charge on any atom is -0.476 e. The third-order valence-corrected chi connectivity index (χ3v) is 6.30. The van der Waals surface area contributed by atoms with E-state index in [1.165, 1.54) is 0 Å². The van der Waals surface area contributed by atoms with Crippen LogP contribution < -0.4 is 15.4 Å². The van der Waals surface area contributed by atoms with Crippen molar-refractivity contribution in [2.75, 3.05) is 20.4 Å². The van der Waals surface area contributed by atoms with Crippen molar-refractivity contribution < 1.29 is 28.6 Å². The Balaban J connectivity index is 1.81. The Hall–Kier alpha value is -3.10. The molecule has 0 aromatic heterocycles. The maximum atomic E-state index is 12.5. The van der Waals surface area contributed by atoms with Gasteiger partial charge in [0.25, 0.3) is 5.91 Å². The van der Waals surface area contributed by atoms with Crippen LogP contribution in [0.1, 0.15) is 56.5 Å². The zero-order valence-electron chi connectivity index (χ0n) is 21.5. The molecule has 196 valence electrons. The lowest BCUT2D eigenvalue weighted by Gasteiger charge is -2.29. The molecule has 1 amide bonds. The highest BCUT2D eigenvalue weighted by Gasteiger charge is 2.36. The summed E-state index contributed by atoms with van der Waals surface area (Å²) in [6.07, 6.45) is 1.72. The summed E-state index contributed by atoms with van der Waals surface area (Å²) in [6.45, 7) is 6.89. The molecule has 0 aliphatic rings. The molecule has 2 aromatic rings. The van der Waals surface area contributed by atoms with Crippen molar-refractivity contribution in [1.29, 1.82) is 0 Å². The van der Waals surface area contributed by atoms with Crippen LogP contribution in [0.3, 0.4) is 0 Å². The number of amides is 1. The van der Waals surface area contributed by atoms with Gasteiger partial charge in [0, 0.05) is 17.1 Å². The fourth-order valence-corrected chi connectivity index (χ4v) is 3.65. The Labute approximate surface area is 217 Å². The number of hydrogen-bond donors (Lipinski definition) is 2. The fourth-order valence-electron chi connectivity index (χ4n) is 3.53. The van der Waals surface area contributed by atoms with Crippen molar-refractivity contribution >= 4 is 29.4 Å². The standard InChI is InChI=1S/C27H35ClN2O6/c1-6-27(7-2,29-5)25(33)35-18-34-24(32)26(3,4)36-22-14-8-19(9-15-22)16-17-30-23(31)20-10-12-21(28)13-11-20/h8-15,29H,6-7,16-18H2,1-5H3,(H,30,31). The molecule has 9 heteroatoms. The van der Waals surface area contributed by atoms with E-state index in [1.54, 1.807) is 57.3 Å². The van der Waals surface area contributed by atoms with Gasteiger partial charge in [-0.1, -0.05) is 37.6 Å². The van der Waals surface area contributed by atoms with Crippen LogP contribution in [0.5, 0.6) is 5.75 Å². The second-order valence-electron chi connectivity index (χ2n) is 8.79. The van der Waals surface area contributed by atoms with E-state index in [4.69, 9.17) is 25.8 Å². The molecule has 0 aliphatic heterocycles. The van der Waals surface area contributed by atoms with E-state index >= 15 is 0 Å². The maximum absolute atomic E-state index is 12.5. The Morgan fingerprint density at radius 2 is 1.47 bits per heavy atom. The molecule has 2 aromatic carbocycles. The van der Waals surface area contributed by atoms with Crippen molar-refractivity contribution in [3.05, 3.63) is 64.7 Å². The van der Waals surface area contributed by atoms with Gasteiger partial charge in [-0.3, -0.25) is 4.79 Å². The molecule has 8 nitrogen and oxygen atoms in total. The number of carbonyl (C=O) groups excluding carboxylic acids is 3. The highest BCUT2D eigenvalue weighted by molar-refractivity contribution is 6.30. The number of ether oxygens (including phenoxy) is 3.